The van der Waals surface area contributed by atoms with Gasteiger partial charge in [0.15, 0.2) is 5.17 Å². The van der Waals surface area contributed by atoms with E-state index in [9.17, 15) is 9.59 Å². The van der Waals surface area contributed by atoms with Crippen molar-refractivity contribution in [2.45, 2.75) is 49.8 Å². The van der Waals surface area contributed by atoms with Crippen LogP contribution < -0.4 is 10.6 Å². The maximum atomic E-state index is 12.2. The third-order valence-corrected chi connectivity index (χ3v) is 5.61. The van der Waals surface area contributed by atoms with Crippen molar-refractivity contribution in [2.24, 2.45) is 4.99 Å². The molecule has 1 fully saturated rings. The van der Waals surface area contributed by atoms with Crippen molar-refractivity contribution < 1.29 is 9.59 Å². The summed E-state index contributed by atoms with van der Waals surface area (Å²) in [5.41, 5.74) is 0.557. The van der Waals surface area contributed by atoms with Crippen LogP contribution in [0.5, 0.6) is 0 Å². The lowest BCUT2D eigenvalue weighted by Crippen LogP contribution is -2.34. The molecule has 128 valence electrons. The second kappa shape index (κ2) is 8.03. The molecule has 0 radical (unpaired) electrons. The molecule has 1 aliphatic carbocycles. The van der Waals surface area contributed by atoms with Gasteiger partial charge in [-0.15, -0.1) is 0 Å². The molecule has 2 aliphatic rings. The van der Waals surface area contributed by atoms with E-state index in [1.54, 1.807) is 24.3 Å². The average molecular weight is 366 g/mol. The predicted octanol–water partition coefficient (Wildman–Crippen LogP) is 3.59. The molecule has 1 aromatic carbocycles. The predicted molar refractivity (Wildman–Crippen MR) is 98.5 cm³/mol. The summed E-state index contributed by atoms with van der Waals surface area (Å²) in [4.78, 5) is 28.2. The maximum absolute atomic E-state index is 12.2. The zero-order valence-electron chi connectivity index (χ0n) is 13.3. The van der Waals surface area contributed by atoms with E-state index in [1.165, 1.54) is 31.0 Å². The third-order valence-electron chi connectivity index (χ3n) is 4.19. The second-order valence-corrected chi connectivity index (χ2v) is 7.67. The Bertz CT molecular complexity index is 659. The standard InChI is InChI=1S/C17H20ClN3O2S/c18-12-8-4-5-9-13(12)20-15(22)10-14-16(23)21-17(24-14)19-11-6-2-1-3-7-11/h4-5,8-9,11,14H,1-3,6-7,10H2,(H,20,22)(H,19,21,23). The van der Waals surface area contributed by atoms with Crippen molar-refractivity contribution >= 4 is 46.0 Å². The van der Waals surface area contributed by atoms with Crippen LogP contribution in [0.25, 0.3) is 0 Å². The summed E-state index contributed by atoms with van der Waals surface area (Å²) in [6, 6.07) is 7.43. The number of carbonyl (C=O) groups excluding carboxylic acids is 2. The Morgan fingerprint density at radius 3 is 2.75 bits per heavy atom. The molecule has 1 unspecified atom stereocenters. The number of thioether (sulfide) groups is 1. The molecule has 0 spiro atoms. The molecule has 0 bridgehead atoms. The first-order valence-corrected chi connectivity index (χ1v) is 9.47. The molecular weight excluding hydrogens is 346 g/mol. The number of benzene rings is 1. The van der Waals surface area contributed by atoms with E-state index in [4.69, 9.17) is 11.6 Å². The van der Waals surface area contributed by atoms with Crippen LogP contribution in [0.15, 0.2) is 29.3 Å². The molecule has 1 aliphatic heterocycles. The Morgan fingerprint density at radius 2 is 2.00 bits per heavy atom. The van der Waals surface area contributed by atoms with Crippen LogP contribution in [0, 0.1) is 0 Å². The molecule has 2 amide bonds. The second-order valence-electron chi connectivity index (χ2n) is 6.07. The summed E-state index contributed by atoms with van der Waals surface area (Å²) in [7, 11) is 0. The molecule has 1 atom stereocenters. The minimum absolute atomic E-state index is 0.0913. The largest absolute Gasteiger partial charge is 0.362 e. The van der Waals surface area contributed by atoms with Crippen molar-refractivity contribution in [1.82, 2.24) is 5.32 Å². The summed E-state index contributed by atoms with van der Waals surface area (Å²) in [6.45, 7) is 0. The van der Waals surface area contributed by atoms with Crippen molar-refractivity contribution in [3.63, 3.8) is 0 Å². The molecule has 24 heavy (non-hydrogen) atoms. The van der Waals surface area contributed by atoms with E-state index in [1.807, 2.05) is 0 Å². The van der Waals surface area contributed by atoms with Gasteiger partial charge in [-0.3, -0.25) is 9.59 Å². The fourth-order valence-corrected chi connectivity index (χ4v) is 4.15. The minimum Gasteiger partial charge on any atom is -0.362 e. The monoisotopic (exact) mass is 365 g/mol. The molecule has 1 heterocycles. The minimum atomic E-state index is -0.460. The van der Waals surface area contributed by atoms with Crippen LogP contribution in [0.3, 0.4) is 0 Å². The van der Waals surface area contributed by atoms with Crippen LogP contribution >= 0.6 is 23.4 Å². The Labute approximate surface area is 150 Å². The fraction of sp³-hybridized carbons (Fsp3) is 0.471. The number of nitrogens with one attached hydrogen (secondary N) is 2. The van der Waals surface area contributed by atoms with Gasteiger partial charge in [0.25, 0.3) is 5.91 Å². The number of hydrogen-bond acceptors (Lipinski definition) is 4. The summed E-state index contributed by atoms with van der Waals surface area (Å²) in [6.07, 6.45) is 6.03. The van der Waals surface area contributed by atoms with E-state index in [2.05, 4.69) is 15.6 Å². The molecule has 7 heteroatoms. The van der Waals surface area contributed by atoms with Crippen LogP contribution in [0.4, 0.5) is 5.69 Å². The van der Waals surface area contributed by atoms with Gasteiger partial charge < -0.3 is 10.6 Å². The topological polar surface area (TPSA) is 70.6 Å². The van der Waals surface area contributed by atoms with Gasteiger partial charge in [0.05, 0.1) is 10.7 Å². The third kappa shape index (κ3) is 4.51. The van der Waals surface area contributed by atoms with E-state index in [-0.39, 0.29) is 18.2 Å². The first-order chi connectivity index (χ1) is 11.6. The molecule has 0 aromatic heterocycles. The highest BCUT2D eigenvalue weighted by atomic mass is 35.5. The Kier molecular flexibility index (Phi) is 5.79. The van der Waals surface area contributed by atoms with Crippen molar-refractivity contribution in [2.75, 3.05) is 5.32 Å². The van der Waals surface area contributed by atoms with Crippen LogP contribution in [-0.4, -0.2) is 28.3 Å². The van der Waals surface area contributed by atoms with E-state index < -0.39 is 5.25 Å². The number of aliphatic imine (C=N–C) groups is 1. The van der Waals surface area contributed by atoms with Gasteiger partial charge in [-0.1, -0.05) is 54.8 Å². The lowest BCUT2D eigenvalue weighted by Gasteiger charge is -2.23. The number of nitrogens with zero attached hydrogens (tertiary/aromatic N) is 1. The molecule has 0 saturated heterocycles. The number of amides is 2. The Morgan fingerprint density at radius 1 is 1.25 bits per heavy atom. The molecule has 1 aromatic rings. The zero-order valence-corrected chi connectivity index (χ0v) is 14.8. The van der Waals surface area contributed by atoms with Gasteiger partial charge in [0.1, 0.15) is 5.25 Å². The maximum Gasteiger partial charge on any atom is 0.262 e. The molecule has 2 N–H and O–H groups in total. The van der Waals surface area contributed by atoms with E-state index in [0.717, 1.165) is 12.8 Å². The normalized spacial score (nSPS) is 21.5. The molecule has 3 rings (SSSR count). The Balaban J connectivity index is 1.50. The smallest absolute Gasteiger partial charge is 0.262 e. The summed E-state index contributed by atoms with van der Waals surface area (Å²) in [5, 5.41) is 6.77. The highest BCUT2D eigenvalue weighted by Crippen LogP contribution is 2.27. The Hall–Kier alpha value is -1.53. The summed E-state index contributed by atoms with van der Waals surface area (Å²) >= 11 is 7.38. The summed E-state index contributed by atoms with van der Waals surface area (Å²) in [5.74, 6) is -0.476. The number of para-hydroxylation sites is 1. The number of anilines is 1. The van der Waals surface area contributed by atoms with Gasteiger partial charge in [-0.05, 0) is 25.0 Å². The summed E-state index contributed by atoms with van der Waals surface area (Å²) < 4.78 is 0. The molecule has 5 nitrogen and oxygen atoms in total. The van der Waals surface area contributed by atoms with E-state index in [0.29, 0.717) is 21.9 Å². The first kappa shape index (κ1) is 17.3. The van der Waals surface area contributed by atoms with Crippen LogP contribution in [0.2, 0.25) is 5.02 Å². The highest BCUT2D eigenvalue weighted by molar-refractivity contribution is 8.15. The van der Waals surface area contributed by atoms with Crippen molar-refractivity contribution in [3.8, 4) is 0 Å². The lowest BCUT2D eigenvalue weighted by molar-refractivity contribution is -0.121. The van der Waals surface area contributed by atoms with Gasteiger partial charge >= 0.3 is 0 Å². The number of halogens is 1. The SMILES string of the molecule is O=C(CC1SC(NC2CCCCC2)=NC1=O)Nc1ccccc1Cl. The highest BCUT2D eigenvalue weighted by Gasteiger charge is 2.31. The van der Waals surface area contributed by atoms with E-state index >= 15 is 0 Å². The van der Waals surface area contributed by atoms with Crippen molar-refractivity contribution in [3.05, 3.63) is 29.3 Å². The van der Waals surface area contributed by atoms with Gasteiger partial charge in [-0.2, -0.15) is 4.99 Å². The molecule has 1 saturated carbocycles. The number of carbonyl (C=O) groups is 2. The van der Waals surface area contributed by atoms with Gasteiger partial charge in [-0.25, -0.2) is 0 Å². The quantitative estimate of drug-likeness (QED) is 0.855. The number of amidine groups is 1. The average Bonchev–Trinajstić information content (AvgIpc) is 2.90. The van der Waals surface area contributed by atoms with Crippen molar-refractivity contribution in [1.29, 1.82) is 0 Å². The lowest BCUT2D eigenvalue weighted by atomic mass is 9.96. The van der Waals surface area contributed by atoms with Gasteiger partial charge in [0.2, 0.25) is 5.91 Å². The first-order valence-electron chi connectivity index (χ1n) is 8.22. The molecular formula is C17H20ClN3O2S. The fourth-order valence-electron chi connectivity index (χ4n) is 2.93. The van der Waals surface area contributed by atoms with Gasteiger partial charge in [0, 0.05) is 12.5 Å². The number of hydrogen-bond donors (Lipinski definition) is 2. The van der Waals surface area contributed by atoms with Crippen LogP contribution in [0.1, 0.15) is 38.5 Å². The number of rotatable bonds is 4. The van der Waals surface area contributed by atoms with Crippen LogP contribution in [-0.2, 0) is 9.59 Å². The zero-order chi connectivity index (χ0) is 16.9.